The highest BCUT2D eigenvalue weighted by molar-refractivity contribution is 6.09. The Morgan fingerprint density at radius 1 is 1.00 bits per heavy atom. The zero-order chi connectivity index (χ0) is 19.3. The molecule has 2 aromatic carbocycles. The molecule has 28 heavy (non-hydrogen) atoms. The molecule has 5 nitrogen and oxygen atoms in total. The Labute approximate surface area is 162 Å². The molecule has 0 saturated carbocycles. The van der Waals surface area contributed by atoms with Crippen LogP contribution in [0.1, 0.15) is 19.0 Å². The molecule has 0 spiro atoms. The summed E-state index contributed by atoms with van der Waals surface area (Å²) < 4.78 is 6.15. The normalized spacial score (nSPS) is 19.6. The van der Waals surface area contributed by atoms with Gasteiger partial charge >= 0.3 is 0 Å². The van der Waals surface area contributed by atoms with Gasteiger partial charge in [0, 0.05) is 28.5 Å². The summed E-state index contributed by atoms with van der Waals surface area (Å²) in [4.78, 5) is 8.99. The van der Waals surface area contributed by atoms with Gasteiger partial charge in [0.2, 0.25) is 0 Å². The fraction of sp³-hybridized carbons (Fsp3) is 0.130. The van der Waals surface area contributed by atoms with Crippen molar-refractivity contribution in [1.82, 2.24) is 9.97 Å². The fourth-order valence-corrected chi connectivity index (χ4v) is 3.89. The third-order valence-corrected chi connectivity index (χ3v) is 5.54. The molecule has 1 aliphatic carbocycles. The smallest absolute Gasteiger partial charge is 0.144 e. The number of nitrogens with two attached hydrogens (primary N) is 2. The molecule has 2 aromatic heterocycles. The number of furan rings is 1. The Hall–Kier alpha value is -3.44. The number of allylic oxidation sites excluding steroid dienone is 2. The van der Waals surface area contributed by atoms with Crippen LogP contribution >= 0.6 is 0 Å². The van der Waals surface area contributed by atoms with Gasteiger partial charge in [-0.2, -0.15) is 0 Å². The second kappa shape index (κ2) is 6.04. The monoisotopic (exact) mass is 368 g/mol. The largest absolute Gasteiger partial charge is 0.455 e. The van der Waals surface area contributed by atoms with E-state index in [1.807, 2.05) is 55.5 Å². The van der Waals surface area contributed by atoms with Crippen molar-refractivity contribution in [3.63, 3.8) is 0 Å². The maximum atomic E-state index is 6.73. The molecule has 1 aliphatic rings. The van der Waals surface area contributed by atoms with Crippen LogP contribution in [0.4, 0.5) is 0 Å². The average molecular weight is 368 g/mol. The molecule has 4 aromatic rings. The number of fused-ring (bicyclic) bond motifs is 3. The molecule has 4 N–H and O–H groups in total. The Bertz CT molecular complexity index is 1280. The summed E-state index contributed by atoms with van der Waals surface area (Å²) in [7, 11) is 0. The van der Waals surface area contributed by atoms with Gasteiger partial charge in [0.15, 0.2) is 0 Å². The first kappa shape index (κ1) is 16.7. The van der Waals surface area contributed by atoms with E-state index in [0.717, 1.165) is 50.2 Å². The highest BCUT2D eigenvalue weighted by Gasteiger charge is 2.33. The predicted octanol–water partition coefficient (Wildman–Crippen LogP) is 4.39. The Morgan fingerprint density at radius 2 is 1.82 bits per heavy atom. The third kappa shape index (κ3) is 2.44. The lowest BCUT2D eigenvalue weighted by Crippen LogP contribution is -2.41. The zero-order valence-electron chi connectivity index (χ0n) is 15.5. The van der Waals surface area contributed by atoms with Gasteiger partial charge in [-0.3, -0.25) is 0 Å². The number of benzene rings is 2. The van der Waals surface area contributed by atoms with E-state index >= 15 is 0 Å². The van der Waals surface area contributed by atoms with Gasteiger partial charge in [-0.15, -0.1) is 0 Å². The molecule has 5 heteroatoms. The van der Waals surface area contributed by atoms with Crippen molar-refractivity contribution in [3.8, 4) is 11.3 Å². The van der Waals surface area contributed by atoms with E-state index in [4.69, 9.17) is 15.9 Å². The van der Waals surface area contributed by atoms with Crippen LogP contribution in [0.15, 0.2) is 82.7 Å². The number of hydrogen-bond acceptors (Lipinski definition) is 5. The van der Waals surface area contributed by atoms with E-state index in [9.17, 15) is 0 Å². The lowest BCUT2D eigenvalue weighted by molar-refractivity contribution is 0.494. The van der Waals surface area contributed by atoms with Crippen LogP contribution < -0.4 is 11.5 Å². The van der Waals surface area contributed by atoms with Crippen LogP contribution in [-0.4, -0.2) is 9.97 Å². The summed E-state index contributed by atoms with van der Waals surface area (Å²) >= 11 is 0. The summed E-state index contributed by atoms with van der Waals surface area (Å²) in [6, 6.07) is 16.1. The van der Waals surface area contributed by atoms with Crippen molar-refractivity contribution < 1.29 is 4.42 Å². The van der Waals surface area contributed by atoms with Crippen molar-refractivity contribution in [2.45, 2.75) is 18.9 Å². The predicted molar refractivity (Wildman–Crippen MR) is 111 cm³/mol. The number of rotatable bonds is 2. The lowest BCUT2D eigenvalue weighted by Gasteiger charge is -2.32. The van der Waals surface area contributed by atoms with Crippen molar-refractivity contribution in [1.29, 1.82) is 0 Å². The Morgan fingerprint density at radius 3 is 2.71 bits per heavy atom. The highest BCUT2D eigenvalue weighted by Crippen LogP contribution is 2.38. The molecule has 5 rings (SSSR count). The van der Waals surface area contributed by atoms with E-state index < -0.39 is 5.54 Å². The van der Waals surface area contributed by atoms with E-state index in [1.54, 1.807) is 6.33 Å². The van der Waals surface area contributed by atoms with Gasteiger partial charge < -0.3 is 15.9 Å². The molecular weight excluding hydrogens is 348 g/mol. The van der Waals surface area contributed by atoms with Gasteiger partial charge in [-0.25, -0.2) is 9.97 Å². The molecular formula is C23H20N4O. The van der Waals surface area contributed by atoms with E-state index in [0.29, 0.717) is 6.42 Å². The minimum absolute atomic E-state index is 0.528. The van der Waals surface area contributed by atoms with Crippen LogP contribution in [0.25, 0.3) is 33.2 Å². The maximum Gasteiger partial charge on any atom is 0.144 e. The zero-order valence-corrected chi connectivity index (χ0v) is 15.5. The van der Waals surface area contributed by atoms with Crippen LogP contribution in [0.5, 0.6) is 0 Å². The number of hydrogen-bond donors (Lipinski definition) is 2. The first-order chi connectivity index (χ1) is 13.6. The molecule has 0 saturated heterocycles. The van der Waals surface area contributed by atoms with Gasteiger partial charge in [0.1, 0.15) is 17.5 Å². The Kier molecular flexibility index (Phi) is 3.60. The summed E-state index contributed by atoms with van der Waals surface area (Å²) in [5.41, 5.74) is 17.9. The number of aromatic nitrogens is 2. The van der Waals surface area contributed by atoms with Crippen LogP contribution in [0.3, 0.4) is 0 Å². The molecule has 0 aliphatic heterocycles. The van der Waals surface area contributed by atoms with Gasteiger partial charge in [-0.1, -0.05) is 36.4 Å². The van der Waals surface area contributed by atoms with Crippen molar-refractivity contribution in [3.05, 3.63) is 84.0 Å². The SMILES string of the molecule is CC1=CC=C(N)CC1(N)c1cc(-c2cccc3c2oc2ccccc23)ncn1. The van der Waals surface area contributed by atoms with E-state index in [2.05, 4.69) is 22.1 Å². The van der Waals surface area contributed by atoms with Gasteiger partial charge in [0.05, 0.1) is 16.9 Å². The lowest BCUT2D eigenvalue weighted by atomic mass is 9.80. The van der Waals surface area contributed by atoms with Crippen LogP contribution in [-0.2, 0) is 5.54 Å². The van der Waals surface area contributed by atoms with Crippen molar-refractivity contribution in [2.75, 3.05) is 0 Å². The second-order valence-electron chi connectivity index (χ2n) is 7.31. The standard InChI is InChI=1S/C23H20N4O/c1-14-9-10-15(24)12-23(14,25)21-11-19(26-13-27-21)18-7-4-6-17-16-5-2-3-8-20(16)28-22(17)18/h2-11,13H,12,24-25H2,1H3. The maximum absolute atomic E-state index is 6.73. The first-order valence-electron chi connectivity index (χ1n) is 9.22. The van der Waals surface area contributed by atoms with Gasteiger partial charge in [0.25, 0.3) is 0 Å². The quantitative estimate of drug-likeness (QED) is 0.547. The molecule has 1 unspecified atom stereocenters. The summed E-state index contributed by atoms with van der Waals surface area (Å²) in [6.07, 6.45) is 5.95. The molecule has 0 amide bonds. The molecule has 1 atom stereocenters. The van der Waals surface area contributed by atoms with Crippen LogP contribution in [0, 0.1) is 0 Å². The summed E-state index contributed by atoms with van der Waals surface area (Å²) in [6.45, 7) is 2.00. The minimum Gasteiger partial charge on any atom is -0.455 e. The van der Waals surface area contributed by atoms with Gasteiger partial charge in [-0.05, 0) is 36.8 Å². The van der Waals surface area contributed by atoms with Crippen molar-refractivity contribution in [2.24, 2.45) is 11.5 Å². The molecule has 0 bridgehead atoms. The Balaban J connectivity index is 1.69. The summed E-state index contributed by atoms with van der Waals surface area (Å²) in [5.74, 6) is 0. The molecule has 138 valence electrons. The van der Waals surface area contributed by atoms with E-state index in [1.165, 1.54) is 0 Å². The topological polar surface area (TPSA) is 91.0 Å². The minimum atomic E-state index is -0.738. The third-order valence-electron chi connectivity index (χ3n) is 5.54. The molecule has 0 fully saturated rings. The van der Waals surface area contributed by atoms with Crippen molar-refractivity contribution >= 4 is 21.9 Å². The van der Waals surface area contributed by atoms with E-state index in [-0.39, 0.29) is 0 Å². The average Bonchev–Trinajstić information content (AvgIpc) is 3.10. The highest BCUT2D eigenvalue weighted by atomic mass is 16.3. The number of para-hydroxylation sites is 2. The number of nitrogens with zero attached hydrogens (tertiary/aromatic N) is 2. The summed E-state index contributed by atoms with van der Waals surface area (Å²) in [5, 5.41) is 2.16. The molecule has 2 heterocycles. The fourth-order valence-electron chi connectivity index (χ4n) is 3.89. The first-order valence-corrected chi connectivity index (χ1v) is 9.22. The second-order valence-corrected chi connectivity index (χ2v) is 7.31. The molecule has 0 radical (unpaired) electrons. The van der Waals surface area contributed by atoms with Crippen LogP contribution in [0.2, 0.25) is 0 Å².